The van der Waals surface area contributed by atoms with Gasteiger partial charge in [0.2, 0.25) is 5.91 Å². The van der Waals surface area contributed by atoms with E-state index in [2.05, 4.69) is 34.9 Å². The highest BCUT2D eigenvalue weighted by molar-refractivity contribution is 5.77. The number of aryl methyl sites for hydroxylation is 2. The Hall–Kier alpha value is -2.42. The van der Waals surface area contributed by atoms with Crippen molar-refractivity contribution < 1.29 is 4.79 Å². The van der Waals surface area contributed by atoms with Gasteiger partial charge in [0.1, 0.15) is 11.6 Å². The number of carbonyl (C=O) groups is 1. The second-order valence-corrected chi connectivity index (χ2v) is 6.96. The summed E-state index contributed by atoms with van der Waals surface area (Å²) < 4.78 is 1.71. The third-order valence-electron chi connectivity index (χ3n) is 5.46. The average molecular weight is 339 g/mol. The molecule has 6 nitrogen and oxygen atoms in total. The molecule has 0 bridgehead atoms. The molecule has 2 aromatic rings. The number of nitrogens with zero attached hydrogens (tertiary/aromatic N) is 5. The molecule has 0 saturated carbocycles. The number of hydrogen-bond acceptors (Lipinski definition) is 4. The minimum absolute atomic E-state index is 0.230. The molecule has 2 aromatic heterocycles. The minimum atomic E-state index is 0.230. The highest BCUT2D eigenvalue weighted by Gasteiger charge is 2.32. The number of amides is 1. The van der Waals surface area contributed by atoms with Gasteiger partial charge in [-0.05, 0) is 52.0 Å². The molecule has 1 amide bonds. The first-order valence-corrected chi connectivity index (χ1v) is 9.03. The summed E-state index contributed by atoms with van der Waals surface area (Å²) in [5.41, 5.74) is 3.94. The average Bonchev–Trinajstić information content (AvgIpc) is 3.17. The number of rotatable bonds is 4. The Morgan fingerprint density at radius 1 is 1.40 bits per heavy atom. The van der Waals surface area contributed by atoms with E-state index in [1.807, 2.05) is 13.8 Å². The molecule has 3 heterocycles. The largest absolute Gasteiger partial charge is 0.337 e. The molecule has 1 saturated heterocycles. The predicted molar refractivity (Wildman–Crippen MR) is 95.1 cm³/mol. The van der Waals surface area contributed by atoms with Gasteiger partial charge in [0, 0.05) is 29.9 Å². The lowest BCUT2D eigenvalue weighted by Gasteiger charge is -2.28. The monoisotopic (exact) mass is 339 g/mol. The van der Waals surface area contributed by atoms with E-state index in [-0.39, 0.29) is 5.91 Å². The summed E-state index contributed by atoms with van der Waals surface area (Å²) in [4.78, 5) is 19.4. The number of fused-ring (bicyclic) bond motifs is 1. The van der Waals surface area contributed by atoms with E-state index in [4.69, 9.17) is 5.26 Å². The van der Waals surface area contributed by atoms with Crippen LogP contribution in [0, 0.1) is 25.2 Å². The van der Waals surface area contributed by atoms with Crippen molar-refractivity contribution in [3.8, 4) is 6.07 Å². The van der Waals surface area contributed by atoms with Crippen molar-refractivity contribution in [1.29, 1.82) is 5.26 Å². The normalized spacial score (nSPS) is 20.2. The molecule has 0 radical (unpaired) electrons. The smallest absolute Gasteiger partial charge is 0.223 e. The molecule has 1 fully saturated rings. The van der Waals surface area contributed by atoms with Crippen molar-refractivity contribution in [2.75, 3.05) is 0 Å². The number of carbonyl (C=O) groups excluding carboxylic acids is 1. The van der Waals surface area contributed by atoms with E-state index in [1.54, 1.807) is 10.7 Å². The minimum Gasteiger partial charge on any atom is -0.337 e. The molecule has 0 N–H and O–H groups in total. The summed E-state index contributed by atoms with van der Waals surface area (Å²) in [7, 11) is 0. The van der Waals surface area contributed by atoms with Gasteiger partial charge in [0.05, 0.1) is 6.20 Å². The molecule has 6 heteroatoms. The van der Waals surface area contributed by atoms with Crippen LogP contribution < -0.4 is 0 Å². The van der Waals surface area contributed by atoms with Crippen LogP contribution in [-0.2, 0) is 11.2 Å². The molecule has 3 rings (SSSR count). The maximum Gasteiger partial charge on any atom is 0.223 e. The predicted octanol–water partition coefficient (Wildman–Crippen LogP) is 2.94. The molecule has 2 atom stereocenters. The molecule has 25 heavy (non-hydrogen) atoms. The molecular weight excluding hydrogens is 314 g/mol. The van der Waals surface area contributed by atoms with E-state index in [1.165, 1.54) is 0 Å². The fourth-order valence-electron chi connectivity index (χ4n) is 4.03. The zero-order chi connectivity index (χ0) is 18.1. The SMILES string of the molecule is CC[C@@H]1CC[C@@H](C)N1C(=O)CCc1c(C)nc2c(C#N)cnn2c1C. The van der Waals surface area contributed by atoms with Gasteiger partial charge >= 0.3 is 0 Å². The highest BCUT2D eigenvalue weighted by Crippen LogP contribution is 2.27. The van der Waals surface area contributed by atoms with Gasteiger partial charge in [0.25, 0.3) is 0 Å². The van der Waals surface area contributed by atoms with Crippen LogP contribution in [0.15, 0.2) is 6.20 Å². The Kier molecular flexibility index (Phi) is 4.76. The van der Waals surface area contributed by atoms with E-state index < -0.39 is 0 Å². The molecular formula is C19H25N5O. The van der Waals surface area contributed by atoms with Crippen molar-refractivity contribution in [2.24, 2.45) is 0 Å². The zero-order valence-corrected chi connectivity index (χ0v) is 15.4. The number of nitriles is 1. The lowest BCUT2D eigenvalue weighted by molar-refractivity contribution is -0.133. The van der Waals surface area contributed by atoms with Crippen molar-refractivity contribution in [2.45, 2.75) is 71.9 Å². The van der Waals surface area contributed by atoms with Crippen LogP contribution in [0.3, 0.4) is 0 Å². The highest BCUT2D eigenvalue weighted by atomic mass is 16.2. The molecule has 0 aliphatic carbocycles. The Morgan fingerprint density at radius 2 is 2.16 bits per heavy atom. The van der Waals surface area contributed by atoms with Crippen LogP contribution in [0.1, 0.15) is 62.0 Å². The lowest BCUT2D eigenvalue weighted by Crippen LogP contribution is -2.39. The van der Waals surface area contributed by atoms with Gasteiger partial charge in [-0.15, -0.1) is 0 Å². The summed E-state index contributed by atoms with van der Waals surface area (Å²) in [5.74, 6) is 0.230. The Balaban J connectivity index is 1.82. The van der Waals surface area contributed by atoms with Crippen LogP contribution in [0.5, 0.6) is 0 Å². The van der Waals surface area contributed by atoms with Crippen molar-refractivity contribution in [1.82, 2.24) is 19.5 Å². The Bertz CT molecular complexity index is 848. The van der Waals surface area contributed by atoms with Gasteiger partial charge in [-0.25, -0.2) is 9.50 Å². The molecule has 0 unspecified atom stereocenters. The summed E-state index contributed by atoms with van der Waals surface area (Å²) in [5, 5.41) is 13.4. The van der Waals surface area contributed by atoms with Crippen molar-refractivity contribution >= 4 is 11.6 Å². The van der Waals surface area contributed by atoms with Crippen molar-refractivity contribution in [3.63, 3.8) is 0 Å². The summed E-state index contributed by atoms with van der Waals surface area (Å²) in [6.07, 6.45) is 5.91. The fraction of sp³-hybridized carbons (Fsp3) is 0.579. The molecule has 1 aliphatic heterocycles. The summed E-state index contributed by atoms with van der Waals surface area (Å²) in [6.45, 7) is 8.21. The maximum atomic E-state index is 12.8. The maximum absolute atomic E-state index is 12.8. The van der Waals surface area contributed by atoms with Gasteiger partial charge < -0.3 is 4.90 Å². The molecule has 1 aliphatic rings. The van der Waals surface area contributed by atoms with Gasteiger partial charge in [-0.1, -0.05) is 6.92 Å². The lowest BCUT2D eigenvalue weighted by atomic mass is 10.1. The van der Waals surface area contributed by atoms with E-state index in [0.29, 0.717) is 36.1 Å². The first-order chi connectivity index (χ1) is 12.0. The fourth-order valence-corrected chi connectivity index (χ4v) is 4.03. The number of aromatic nitrogens is 3. The first-order valence-electron chi connectivity index (χ1n) is 9.03. The van der Waals surface area contributed by atoms with Crippen LogP contribution in [-0.4, -0.2) is 37.5 Å². The van der Waals surface area contributed by atoms with E-state index in [0.717, 1.165) is 36.2 Å². The summed E-state index contributed by atoms with van der Waals surface area (Å²) in [6, 6.07) is 2.84. The third-order valence-corrected chi connectivity index (χ3v) is 5.46. The van der Waals surface area contributed by atoms with Crippen LogP contribution in [0.2, 0.25) is 0 Å². The van der Waals surface area contributed by atoms with E-state index >= 15 is 0 Å². The topological polar surface area (TPSA) is 74.3 Å². The van der Waals surface area contributed by atoms with Crippen molar-refractivity contribution in [3.05, 3.63) is 28.7 Å². The Labute approximate surface area is 148 Å². The number of hydrogen-bond donors (Lipinski definition) is 0. The van der Waals surface area contributed by atoms with Gasteiger partial charge in [-0.3, -0.25) is 4.79 Å². The quantitative estimate of drug-likeness (QED) is 0.858. The molecule has 132 valence electrons. The second kappa shape index (κ2) is 6.83. The third kappa shape index (κ3) is 2.99. The zero-order valence-electron chi connectivity index (χ0n) is 15.4. The number of likely N-dealkylation sites (tertiary alicyclic amines) is 1. The molecule has 0 spiro atoms. The molecule has 0 aromatic carbocycles. The first kappa shape index (κ1) is 17.4. The van der Waals surface area contributed by atoms with E-state index in [9.17, 15) is 4.79 Å². The summed E-state index contributed by atoms with van der Waals surface area (Å²) >= 11 is 0. The standard InChI is InChI=1S/C19H25N5O/c1-5-16-7-6-12(2)23(16)18(25)9-8-17-13(3)22-19-15(10-20)11-21-24(19)14(17)4/h11-12,16H,5-9H2,1-4H3/t12-,16-/m1/s1. The van der Waals surface area contributed by atoms with Gasteiger partial charge in [0.15, 0.2) is 5.65 Å². The van der Waals surface area contributed by atoms with Crippen LogP contribution in [0.25, 0.3) is 5.65 Å². The van der Waals surface area contributed by atoms with Crippen LogP contribution >= 0.6 is 0 Å². The van der Waals surface area contributed by atoms with Crippen LogP contribution in [0.4, 0.5) is 0 Å². The Morgan fingerprint density at radius 3 is 2.84 bits per heavy atom. The second-order valence-electron chi connectivity index (χ2n) is 6.96. The van der Waals surface area contributed by atoms with Gasteiger partial charge in [-0.2, -0.15) is 10.4 Å².